The van der Waals surface area contributed by atoms with Gasteiger partial charge in [0.25, 0.3) is 0 Å². The monoisotopic (exact) mass is 312 g/mol. The van der Waals surface area contributed by atoms with Crippen molar-refractivity contribution in [2.24, 2.45) is 13.0 Å². The van der Waals surface area contributed by atoms with Gasteiger partial charge in [-0.1, -0.05) is 32.1 Å². The van der Waals surface area contributed by atoms with E-state index in [1.165, 1.54) is 32.1 Å². The van der Waals surface area contributed by atoms with Crippen molar-refractivity contribution in [1.29, 1.82) is 0 Å². The molecule has 0 spiro atoms. The largest absolute Gasteiger partial charge is 0.299 e. The highest BCUT2D eigenvalue weighted by Gasteiger charge is 2.19. The van der Waals surface area contributed by atoms with Crippen molar-refractivity contribution < 1.29 is 4.79 Å². The summed E-state index contributed by atoms with van der Waals surface area (Å²) in [4.78, 5) is 12.1. The van der Waals surface area contributed by atoms with E-state index >= 15 is 0 Å². The Labute approximate surface area is 117 Å². The first-order valence-electron chi connectivity index (χ1n) is 6.77. The summed E-state index contributed by atoms with van der Waals surface area (Å²) in [6.07, 6.45) is 7.66. The lowest BCUT2D eigenvalue weighted by atomic mass is 9.85. The minimum Gasteiger partial charge on any atom is -0.299 e. The van der Waals surface area contributed by atoms with Crippen LogP contribution in [-0.4, -0.2) is 15.6 Å². The van der Waals surface area contributed by atoms with Crippen LogP contribution in [0.5, 0.6) is 0 Å². The summed E-state index contributed by atoms with van der Waals surface area (Å²) in [6.45, 7) is 1.96. The van der Waals surface area contributed by atoms with Gasteiger partial charge in [0.15, 0.2) is 0 Å². The molecule has 0 N–H and O–H groups in total. The highest BCUT2D eigenvalue weighted by molar-refractivity contribution is 9.10. The molecular weight excluding hydrogens is 292 g/mol. The predicted octanol–water partition coefficient (Wildman–Crippen LogP) is 3.57. The van der Waals surface area contributed by atoms with E-state index in [0.29, 0.717) is 18.1 Å². The Morgan fingerprint density at radius 3 is 2.61 bits per heavy atom. The van der Waals surface area contributed by atoms with Crippen molar-refractivity contribution in [1.82, 2.24) is 9.78 Å². The summed E-state index contributed by atoms with van der Waals surface area (Å²) in [5.74, 6) is 0.977. The molecule has 1 aromatic rings. The maximum atomic E-state index is 12.1. The molecule has 1 saturated carbocycles. The Hall–Kier alpha value is -0.640. The molecule has 1 aliphatic carbocycles. The number of ketones is 1. The summed E-state index contributed by atoms with van der Waals surface area (Å²) in [7, 11) is 1.90. The molecule has 0 aliphatic heterocycles. The number of aromatic nitrogens is 2. The molecule has 0 unspecified atom stereocenters. The van der Waals surface area contributed by atoms with Crippen molar-refractivity contribution in [2.75, 3.05) is 0 Å². The number of hydrogen-bond acceptors (Lipinski definition) is 2. The third kappa shape index (κ3) is 3.22. The standard InChI is InChI=1S/C14H21BrN2O/c1-10-14(15)13(17(2)16-10)9-12(18)8-11-6-4-3-5-7-11/h11H,3-9H2,1-2H3. The molecule has 0 atom stereocenters. The van der Waals surface area contributed by atoms with Gasteiger partial charge >= 0.3 is 0 Å². The fraction of sp³-hybridized carbons (Fsp3) is 0.714. The lowest BCUT2D eigenvalue weighted by Crippen LogP contribution is -2.15. The third-order valence-corrected chi connectivity index (χ3v) is 4.90. The maximum absolute atomic E-state index is 12.1. The second-order valence-electron chi connectivity index (χ2n) is 5.39. The van der Waals surface area contributed by atoms with Crippen LogP contribution >= 0.6 is 15.9 Å². The number of nitrogens with zero attached hydrogens (tertiary/aromatic N) is 2. The van der Waals surface area contributed by atoms with Crippen LogP contribution < -0.4 is 0 Å². The van der Waals surface area contributed by atoms with E-state index in [4.69, 9.17) is 0 Å². The second kappa shape index (κ2) is 6.00. The first-order chi connectivity index (χ1) is 8.58. The Morgan fingerprint density at radius 2 is 2.06 bits per heavy atom. The van der Waals surface area contributed by atoms with Crippen LogP contribution in [0, 0.1) is 12.8 Å². The number of aryl methyl sites for hydroxylation is 2. The van der Waals surface area contributed by atoms with Gasteiger partial charge in [-0.15, -0.1) is 0 Å². The van der Waals surface area contributed by atoms with Crippen LogP contribution in [0.1, 0.15) is 49.9 Å². The molecular formula is C14H21BrN2O. The summed E-state index contributed by atoms with van der Waals surface area (Å²) in [6, 6.07) is 0. The van der Waals surface area contributed by atoms with E-state index in [2.05, 4.69) is 21.0 Å². The van der Waals surface area contributed by atoms with Crippen LogP contribution in [0.15, 0.2) is 4.47 Å². The molecule has 0 bridgehead atoms. The van der Waals surface area contributed by atoms with Gasteiger partial charge in [0.1, 0.15) is 5.78 Å². The number of carbonyl (C=O) groups excluding carboxylic acids is 1. The summed E-state index contributed by atoms with van der Waals surface area (Å²) in [5.41, 5.74) is 1.96. The van der Waals surface area contributed by atoms with Gasteiger partial charge in [-0.2, -0.15) is 5.10 Å². The minimum absolute atomic E-state index is 0.352. The summed E-state index contributed by atoms with van der Waals surface area (Å²) in [5, 5.41) is 4.33. The molecule has 2 rings (SSSR count). The number of Topliss-reactive ketones (excluding diaryl/α,β-unsaturated/α-hetero) is 1. The summed E-state index contributed by atoms with van der Waals surface area (Å²) < 4.78 is 2.81. The quantitative estimate of drug-likeness (QED) is 0.852. The molecule has 1 aliphatic rings. The molecule has 0 radical (unpaired) electrons. The zero-order valence-electron chi connectivity index (χ0n) is 11.2. The molecule has 1 aromatic heterocycles. The van der Waals surface area contributed by atoms with Crippen molar-refractivity contribution in [2.45, 2.75) is 51.9 Å². The molecule has 0 aromatic carbocycles. The molecule has 3 nitrogen and oxygen atoms in total. The Balaban J connectivity index is 1.94. The Morgan fingerprint density at radius 1 is 1.39 bits per heavy atom. The first kappa shape index (κ1) is 13.8. The molecule has 100 valence electrons. The molecule has 0 amide bonds. The normalized spacial score (nSPS) is 17.1. The van der Waals surface area contributed by atoms with E-state index < -0.39 is 0 Å². The SMILES string of the molecule is Cc1nn(C)c(CC(=O)CC2CCCCC2)c1Br. The topological polar surface area (TPSA) is 34.9 Å². The fourth-order valence-electron chi connectivity index (χ4n) is 2.84. The second-order valence-corrected chi connectivity index (χ2v) is 6.19. The van der Waals surface area contributed by atoms with Gasteiger partial charge in [0, 0.05) is 19.9 Å². The average molecular weight is 313 g/mol. The number of halogens is 1. The van der Waals surface area contributed by atoms with Crippen molar-refractivity contribution >= 4 is 21.7 Å². The maximum Gasteiger partial charge on any atom is 0.139 e. The van der Waals surface area contributed by atoms with E-state index in [-0.39, 0.29) is 0 Å². The van der Waals surface area contributed by atoms with Crippen LogP contribution in [-0.2, 0) is 18.3 Å². The number of hydrogen-bond donors (Lipinski definition) is 0. The van der Waals surface area contributed by atoms with Crippen LogP contribution in [0.3, 0.4) is 0 Å². The first-order valence-corrected chi connectivity index (χ1v) is 7.57. The highest BCUT2D eigenvalue weighted by atomic mass is 79.9. The van der Waals surface area contributed by atoms with Crippen LogP contribution in [0.2, 0.25) is 0 Å². The van der Waals surface area contributed by atoms with E-state index in [0.717, 1.165) is 22.3 Å². The van der Waals surface area contributed by atoms with E-state index in [9.17, 15) is 4.79 Å². The summed E-state index contributed by atoms with van der Waals surface area (Å²) >= 11 is 3.52. The Bertz CT molecular complexity index is 433. The van der Waals surface area contributed by atoms with Gasteiger partial charge in [-0.05, 0) is 28.8 Å². The smallest absolute Gasteiger partial charge is 0.139 e. The van der Waals surface area contributed by atoms with Crippen LogP contribution in [0.4, 0.5) is 0 Å². The molecule has 18 heavy (non-hydrogen) atoms. The molecule has 1 heterocycles. The fourth-order valence-corrected chi connectivity index (χ4v) is 3.32. The highest BCUT2D eigenvalue weighted by Crippen LogP contribution is 2.27. The molecule has 1 fully saturated rings. The molecule has 4 heteroatoms. The van der Waals surface area contributed by atoms with Gasteiger partial charge in [-0.3, -0.25) is 9.48 Å². The van der Waals surface area contributed by atoms with Crippen LogP contribution in [0.25, 0.3) is 0 Å². The van der Waals surface area contributed by atoms with Gasteiger partial charge in [-0.25, -0.2) is 0 Å². The Kier molecular flexibility index (Phi) is 4.60. The van der Waals surface area contributed by atoms with Gasteiger partial charge in [0.05, 0.1) is 15.9 Å². The predicted molar refractivity (Wildman–Crippen MR) is 75.5 cm³/mol. The average Bonchev–Trinajstić information content (AvgIpc) is 2.57. The van der Waals surface area contributed by atoms with E-state index in [1.807, 2.05) is 18.7 Å². The minimum atomic E-state index is 0.352. The van der Waals surface area contributed by atoms with Crippen molar-refractivity contribution in [3.05, 3.63) is 15.9 Å². The number of rotatable bonds is 4. The molecule has 0 saturated heterocycles. The third-order valence-electron chi connectivity index (χ3n) is 3.87. The lowest BCUT2D eigenvalue weighted by Gasteiger charge is -2.20. The van der Waals surface area contributed by atoms with E-state index in [1.54, 1.807) is 0 Å². The van der Waals surface area contributed by atoms with Crippen molar-refractivity contribution in [3.8, 4) is 0 Å². The lowest BCUT2D eigenvalue weighted by molar-refractivity contribution is -0.119. The zero-order valence-corrected chi connectivity index (χ0v) is 12.8. The van der Waals surface area contributed by atoms with Gasteiger partial charge in [0.2, 0.25) is 0 Å². The number of carbonyl (C=O) groups is 1. The van der Waals surface area contributed by atoms with Gasteiger partial charge < -0.3 is 0 Å². The zero-order chi connectivity index (χ0) is 13.1. The van der Waals surface area contributed by atoms with Crippen molar-refractivity contribution in [3.63, 3.8) is 0 Å².